The van der Waals surface area contributed by atoms with E-state index in [0.29, 0.717) is 18.2 Å². The van der Waals surface area contributed by atoms with Gasteiger partial charge in [-0.1, -0.05) is 0 Å². The van der Waals surface area contributed by atoms with Crippen LogP contribution in [-0.4, -0.2) is 40.4 Å². The number of amides is 1. The normalized spacial score (nSPS) is 17.5. The number of rotatable bonds is 4. The summed E-state index contributed by atoms with van der Waals surface area (Å²) in [5.41, 5.74) is 6.21. The fourth-order valence-electron chi connectivity index (χ4n) is 1.86. The molecule has 3 N–H and O–H groups in total. The van der Waals surface area contributed by atoms with Crippen LogP contribution in [0, 0.1) is 5.92 Å². The lowest BCUT2D eigenvalue weighted by molar-refractivity contribution is 0.0713. The number of likely N-dealkylation sites (N-methyl/N-ethyl adjacent to an activating group) is 1. The Morgan fingerprint density at radius 2 is 2.53 bits per heavy atom. The van der Waals surface area contributed by atoms with E-state index in [-0.39, 0.29) is 11.9 Å². The fraction of sp³-hybridized carbons (Fsp3) is 0.600. The zero-order chi connectivity index (χ0) is 10.8. The number of hydrogen-bond acceptors (Lipinski definition) is 3. The van der Waals surface area contributed by atoms with E-state index in [2.05, 4.69) is 9.97 Å². The summed E-state index contributed by atoms with van der Waals surface area (Å²) in [7, 11) is 1.80. The van der Waals surface area contributed by atoms with Crippen molar-refractivity contribution in [3.05, 3.63) is 18.2 Å². The highest BCUT2D eigenvalue weighted by molar-refractivity contribution is 5.92. The van der Waals surface area contributed by atoms with Gasteiger partial charge in [0.05, 0.1) is 12.5 Å². The second-order valence-corrected chi connectivity index (χ2v) is 4.02. The summed E-state index contributed by atoms with van der Waals surface area (Å²) in [6.45, 7) is 0.529. The van der Waals surface area contributed by atoms with Gasteiger partial charge >= 0.3 is 0 Å². The Morgan fingerprint density at radius 3 is 3.00 bits per heavy atom. The fourth-order valence-corrected chi connectivity index (χ4v) is 1.86. The zero-order valence-electron chi connectivity index (χ0n) is 8.81. The molecule has 1 aliphatic carbocycles. The molecule has 2 rings (SSSR count). The van der Waals surface area contributed by atoms with Crippen molar-refractivity contribution < 1.29 is 4.79 Å². The quantitative estimate of drug-likeness (QED) is 0.743. The van der Waals surface area contributed by atoms with E-state index in [1.165, 1.54) is 19.2 Å². The van der Waals surface area contributed by atoms with Crippen LogP contribution in [0.4, 0.5) is 0 Å². The third-order valence-corrected chi connectivity index (χ3v) is 2.95. The lowest BCUT2D eigenvalue weighted by atomic mass is 10.1. The number of aromatic amines is 1. The molecule has 0 saturated heterocycles. The first-order chi connectivity index (χ1) is 7.24. The average Bonchev–Trinajstić information content (AvgIpc) is 2.93. The minimum absolute atomic E-state index is 0.0325. The highest BCUT2D eigenvalue weighted by Crippen LogP contribution is 2.34. The molecule has 5 heteroatoms. The Morgan fingerprint density at radius 1 is 1.80 bits per heavy atom. The molecule has 1 unspecified atom stereocenters. The van der Waals surface area contributed by atoms with Crippen molar-refractivity contribution >= 4 is 5.91 Å². The Bertz CT molecular complexity index is 331. The molecule has 0 radical (unpaired) electrons. The van der Waals surface area contributed by atoms with Crippen molar-refractivity contribution in [2.45, 2.75) is 18.9 Å². The molecule has 0 bridgehead atoms. The Kier molecular flexibility index (Phi) is 2.73. The van der Waals surface area contributed by atoms with Gasteiger partial charge in [-0.15, -0.1) is 0 Å². The maximum Gasteiger partial charge on any atom is 0.271 e. The largest absolute Gasteiger partial charge is 0.341 e. The first-order valence-corrected chi connectivity index (χ1v) is 5.19. The summed E-state index contributed by atoms with van der Waals surface area (Å²) in [4.78, 5) is 20.3. The van der Waals surface area contributed by atoms with E-state index in [9.17, 15) is 4.79 Å². The molecule has 1 aromatic rings. The summed E-state index contributed by atoms with van der Waals surface area (Å²) in [6.07, 6.45) is 5.42. The standard InChI is InChI=1S/C10H16N4O/c1-14(9(4-11)7-2-3-7)10(15)8-5-12-6-13-8/h5-7,9H,2-4,11H2,1H3,(H,12,13). The van der Waals surface area contributed by atoms with Gasteiger partial charge in [0.2, 0.25) is 0 Å². The van der Waals surface area contributed by atoms with Gasteiger partial charge in [0.1, 0.15) is 5.69 Å². The molecule has 1 aliphatic rings. The molecule has 82 valence electrons. The van der Waals surface area contributed by atoms with Gasteiger partial charge in [-0.25, -0.2) is 4.98 Å². The third-order valence-electron chi connectivity index (χ3n) is 2.95. The van der Waals surface area contributed by atoms with Crippen LogP contribution in [0.3, 0.4) is 0 Å². The lowest BCUT2D eigenvalue weighted by Gasteiger charge is -2.26. The molecule has 0 spiro atoms. The van der Waals surface area contributed by atoms with E-state index in [1.807, 2.05) is 0 Å². The van der Waals surface area contributed by atoms with Gasteiger partial charge in [0, 0.05) is 19.6 Å². The van der Waals surface area contributed by atoms with Crippen LogP contribution >= 0.6 is 0 Å². The highest BCUT2D eigenvalue weighted by Gasteiger charge is 2.35. The predicted molar refractivity (Wildman–Crippen MR) is 56.2 cm³/mol. The Labute approximate surface area is 88.7 Å². The minimum atomic E-state index is -0.0325. The van der Waals surface area contributed by atoms with Crippen LogP contribution in [0.25, 0.3) is 0 Å². The first kappa shape index (κ1) is 10.2. The Hall–Kier alpha value is -1.36. The molecule has 1 aromatic heterocycles. The van der Waals surface area contributed by atoms with Gasteiger partial charge < -0.3 is 15.6 Å². The number of carbonyl (C=O) groups excluding carboxylic acids is 1. The molecular weight excluding hydrogens is 192 g/mol. The molecule has 0 aliphatic heterocycles. The maximum atomic E-state index is 11.9. The summed E-state index contributed by atoms with van der Waals surface area (Å²) in [5, 5.41) is 0. The predicted octanol–water partition coefficient (Wildman–Crippen LogP) is 0.219. The van der Waals surface area contributed by atoms with E-state index >= 15 is 0 Å². The van der Waals surface area contributed by atoms with Crippen LogP contribution in [-0.2, 0) is 0 Å². The summed E-state index contributed by atoms with van der Waals surface area (Å²) in [6, 6.07) is 0.167. The van der Waals surface area contributed by atoms with E-state index in [4.69, 9.17) is 5.73 Å². The molecule has 1 fully saturated rings. The van der Waals surface area contributed by atoms with Crippen molar-refractivity contribution in [2.24, 2.45) is 11.7 Å². The number of aromatic nitrogens is 2. The summed E-state index contributed by atoms with van der Waals surface area (Å²) >= 11 is 0. The molecule has 1 heterocycles. The van der Waals surface area contributed by atoms with Gasteiger partial charge in [0.25, 0.3) is 5.91 Å². The highest BCUT2D eigenvalue weighted by atomic mass is 16.2. The van der Waals surface area contributed by atoms with Gasteiger partial charge in [-0.3, -0.25) is 4.79 Å². The average molecular weight is 208 g/mol. The van der Waals surface area contributed by atoms with E-state index < -0.39 is 0 Å². The number of carbonyl (C=O) groups is 1. The lowest BCUT2D eigenvalue weighted by Crippen LogP contribution is -2.43. The summed E-state index contributed by atoms with van der Waals surface area (Å²) in [5.74, 6) is 0.557. The molecule has 1 atom stereocenters. The van der Waals surface area contributed by atoms with Gasteiger partial charge in [0.15, 0.2) is 0 Å². The summed E-state index contributed by atoms with van der Waals surface area (Å²) < 4.78 is 0. The third kappa shape index (κ3) is 2.02. The van der Waals surface area contributed by atoms with Crippen molar-refractivity contribution in [3.8, 4) is 0 Å². The SMILES string of the molecule is CN(C(=O)c1cnc[nH]1)C(CN)C1CC1. The van der Waals surface area contributed by atoms with Gasteiger partial charge in [-0.05, 0) is 18.8 Å². The van der Waals surface area contributed by atoms with Crippen LogP contribution in [0.5, 0.6) is 0 Å². The van der Waals surface area contributed by atoms with E-state index in [0.717, 1.165) is 0 Å². The van der Waals surface area contributed by atoms with Crippen molar-refractivity contribution in [3.63, 3.8) is 0 Å². The van der Waals surface area contributed by atoms with Gasteiger partial charge in [-0.2, -0.15) is 0 Å². The zero-order valence-corrected chi connectivity index (χ0v) is 8.81. The molecule has 0 aromatic carbocycles. The van der Waals surface area contributed by atoms with E-state index in [1.54, 1.807) is 18.1 Å². The Balaban J connectivity index is 2.05. The second-order valence-electron chi connectivity index (χ2n) is 4.02. The molecule has 15 heavy (non-hydrogen) atoms. The van der Waals surface area contributed by atoms with Crippen LogP contribution in [0.1, 0.15) is 23.3 Å². The molecule has 1 saturated carbocycles. The smallest absolute Gasteiger partial charge is 0.271 e. The number of imidazole rings is 1. The number of H-pyrrole nitrogens is 1. The van der Waals surface area contributed by atoms with Crippen LogP contribution in [0.2, 0.25) is 0 Å². The van der Waals surface area contributed by atoms with Crippen LogP contribution in [0.15, 0.2) is 12.5 Å². The molecular formula is C10H16N4O. The van der Waals surface area contributed by atoms with Crippen molar-refractivity contribution in [1.82, 2.24) is 14.9 Å². The number of nitrogens with zero attached hydrogens (tertiary/aromatic N) is 2. The van der Waals surface area contributed by atoms with Crippen LogP contribution < -0.4 is 5.73 Å². The minimum Gasteiger partial charge on any atom is -0.341 e. The number of nitrogens with two attached hydrogens (primary N) is 1. The first-order valence-electron chi connectivity index (χ1n) is 5.19. The monoisotopic (exact) mass is 208 g/mol. The van der Waals surface area contributed by atoms with Crippen molar-refractivity contribution in [2.75, 3.05) is 13.6 Å². The maximum absolute atomic E-state index is 11.9. The molecule has 1 amide bonds. The molecule has 5 nitrogen and oxygen atoms in total. The number of hydrogen-bond donors (Lipinski definition) is 2. The topological polar surface area (TPSA) is 75.0 Å². The van der Waals surface area contributed by atoms with Crippen molar-refractivity contribution in [1.29, 1.82) is 0 Å². The number of nitrogens with one attached hydrogen (secondary N) is 1. The second kappa shape index (κ2) is 4.02.